The molecule has 23 heavy (non-hydrogen) atoms. The highest BCUT2D eigenvalue weighted by atomic mass is 28.4. The molecule has 0 aromatic heterocycles. The average molecular weight is 342 g/mol. The SMILES string of the molecule is CCO[Si](OCC)(OCC)C(CC)Nc1ccc([N+](=O)[O-])cc1. The van der Waals surface area contributed by atoms with Gasteiger partial charge in [0.15, 0.2) is 0 Å². The van der Waals surface area contributed by atoms with Gasteiger partial charge in [-0.15, -0.1) is 0 Å². The molecule has 0 aliphatic rings. The van der Waals surface area contributed by atoms with Crippen LogP contribution in [0.2, 0.25) is 0 Å². The topological polar surface area (TPSA) is 82.9 Å². The fourth-order valence-electron chi connectivity index (χ4n) is 2.35. The predicted molar refractivity (Wildman–Crippen MR) is 91.4 cm³/mol. The number of hydrogen-bond donors (Lipinski definition) is 1. The highest BCUT2D eigenvalue weighted by Gasteiger charge is 2.48. The smallest absolute Gasteiger partial charge is 0.378 e. The van der Waals surface area contributed by atoms with Crippen LogP contribution in [-0.4, -0.2) is 39.2 Å². The van der Waals surface area contributed by atoms with Crippen molar-refractivity contribution in [3.05, 3.63) is 34.4 Å². The van der Waals surface area contributed by atoms with Gasteiger partial charge in [-0.05, 0) is 39.3 Å². The third kappa shape index (κ3) is 5.28. The van der Waals surface area contributed by atoms with E-state index in [4.69, 9.17) is 13.3 Å². The standard InChI is InChI=1S/C15H26N2O5Si/c1-5-15(23(20-6-2,21-7-3)22-8-4)16-13-9-11-14(12-10-13)17(18)19/h9-12,15-16H,5-8H2,1-4H3. The molecule has 0 amide bonds. The van der Waals surface area contributed by atoms with Crippen molar-refractivity contribution in [3.8, 4) is 0 Å². The highest BCUT2D eigenvalue weighted by Crippen LogP contribution is 2.23. The van der Waals surface area contributed by atoms with Crippen LogP contribution in [0.4, 0.5) is 11.4 Å². The lowest BCUT2D eigenvalue weighted by molar-refractivity contribution is -0.384. The Balaban J connectivity index is 2.99. The Labute approximate surface area is 138 Å². The lowest BCUT2D eigenvalue weighted by atomic mass is 10.3. The zero-order valence-electron chi connectivity index (χ0n) is 14.2. The molecular formula is C15H26N2O5Si. The molecule has 0 spiro atoms. The molecule has 130 valence electrons. The summed E-state index contributed by atoms with van der Waals surface area (Å²) in [4.78, 5) is 10.3. The molecule has 0 aliphatic heterocycles. The van der Waals surface area contributed by atoms with Gasteiger partial charge in [0.05, 0.1) is 10.6 Å². The molecule has 0 heterocycles. The molecule has 0 saturated carbocycles. The summed E-state index contributed by atoms with van der Waals surface area (Å²) in [7, 11) is -2.89. The second-order valence-electron chi connectivity index (χ2n) is 4.81. The largest absolute Gasteiger partial charge is 0.524 e. The molecule has 0 radical (unpaired) electrons. The maximum atomic E-state index is 10.7. The van der Waals surface area contributed by atoms with E-state index in [1.54, 1.807) is 12.1 Å². The van der Waals surface area contributed by atoms with Gasteiger partial charge in [0.2, 0.25) is 0 Å². The summed E-state index contributed by atoms with van der Waals surface area (Å²) in [5.41, 5.74) is 0.716. The van der Waals surface area contributed by atoms with Crippen LogP contribution in [0.1, 0.15) is 34.1 Å². The number of rotatable bonds is 11. The second kappa shape index (κ2) is 9.61. The second-order valence-corrected chi connectivity index (χ2v) is 7.58. The zero-order chi connectivity index (χ0) is 17.3. The number of benzene rings is 1. The Morgan fingerprint density at radius 2 is 1.52 bits per heavy atom. The van der Waals surface area contributed by atoms with Gasteiger partial charge in [-0.1, -0.05) is 6.92 Å². The number of nitrogens with zero attached hydrogens (tertiary/aromatic N) is 1. The Morgan fingerprint density at radius 1 is 1.04 bits per heavy atom. The van der Waals surface area contributed by atoms with Crippen LogP contribution in [0.15, 0.2) is 24.3 Å². The maximum absolute atomic E-state index is 10.7. The molecule has 1 atom stereocenters. The third-order valence-corrected chi connectivity index (χ3v) is 6.77. The van der Waals surface area contributed by atoms with Crippen LogP contribution in [0, 0.1) is 10.1 Å². The lowest BCUT2D eigenvalue weighted by Gasteiger charge is -2.35. The lowest BCUT2D eigenvalue weighted by Crippen LogP contribution is -2.59. The highest BCUT2D eigenvalue weighted by molar-refractivity contribution is 6.63. The van der Waals surface area contributed by atoms with E-state index in [1.807, 2.05) is 27.7 Å². The molecule has 8 heteroatoms. The molecule has 0 aliphatic carbocycles. The first-order chi connectivity index (χ1) is 11.0. The molecule has 0 saturated heterocycles. The van der Waals surface area contributed by atoms with Crippen molar-refractivity contribution in [2.75, 3.05) is 25.1 Å². The van der Waals surface area contributed by atoms with Gasteiger partial charge in [0, 0.05) is 37.6 Å². The minimum Gasteiger partial charge on any atom is -0.378 e. The molecular weight excluding hydrogens is 316 g/mol. The normalized spacial score (nSPS) is 12.9. The zero-order valence-corrected chi connectivity index (χ0v) is 15.2. The maximum Gasteiger partial charge on any atom is 0.524 e. The van der Waals surface area contributed by atoms with Crippen LogP contribution < -0.4 is 5.32 Å². The van der Waals surface area contributed by atoms with E-state index in [-0.39, 0.29) is 11.4 Å². The van der Waals surface area contributed by atoms with Gasteiger partial charge in [0.25, 0.3) is 5.69 Å². The van der Waals surface area contributed by atoms with Gasteiger partial charge in [-0.2, -0.15) is 0 Å². The molecule has 0 fully saturated rings. The minimum atomic E-state index is -2.89. The molecule has 1 aromatic rings. The van der Waals surface area contributed by atoms with Crippen LogP contribution in [0.3, 0.4) is 0 Å². The minimum absolute atomic E-state index is 0.0616. The van der Waals surface area contributed by atoms with E-state index in [9.17, 15) is 10.1 Å². The van der Waals surface area contributed by atoms with E-state index in [0.29, 0.717) is 19.8 Å². The summed E-state index contributed by atoms with van der Waals surface area (Å²) in [6, 6.07) is 6.31. The fraction of sp³-hybridized carbons (Fsp3) is 0.600. The predicted octanol–water partition coefficient (Wildman–Crippen LogP) is 3.37. The molecule has 7 nitrogen and oxygen atoms in total. The van der Waals surface area contributed by atoms with Crippen LogP contribution in [0.25, 0.3) is 0 Å². The van der Waals surface area contributed by atoms with Crippen LogP contribution in [0.5, 0.6) is 0 Å². The number of anilines is 1. The van der Waals surface area contributed by atoms with Gasteiger partial charge in [-0.3, -0.25) is 10.1 Å². The first kappa shape index (κ1) is 19.6. The van der Waals surface area contributed by atoms with E-state index < -0.39 is 13.7 Å². The summed E-state index contributed by atoms with van der Waals surface area (Å²) < 4.78 is 17.8. The number of hydrogen-bond acceptors (Lipinski definition) is 6. The van der Waals surface area contributed by atoms with E-state index in [0.717, 1.165) is 12.1 Å². The Hall–Kier alpha value is -1.48. The van der Waals surface area contributed by atoms with Crippen molar-refractivity contribution in [3.63, 3.8) is 0 Å². The van der Waals surface area contributed by atoms with Crippen molar-refractivity contribution in [2.45, 2.75) is 39.8 Å². The van der Waals surface area contributed by atoms with Crippen molar-refractivity contribution in [1.82, 2.24) is 0 Å². The number of nitrogens with one attached hydrogen (secondary N) is 1. The number of nitro groups is 1. The third-order valence-electron chi connectivity index (χ3n) is 3.29. The summed E-state index contributed by atoms with van der Waals surface area (Å²) >= 11 is 0. The molecule has 1 aromatic carbocycles. The van der Waals surface area contributed by atoms with Crippen molar-refractivity contribution in [1.29, 1.82) is 0 Å². The fourth-order valence-corrected chi connectivity index (χ4v) is 5.26. The summed E-state index contributed by atoms with van der Waals surface area (Å²) in [6.45, 7) is 9.29. The quantitative estimate of drug-likeness (QED) is 0.377. The Bertz CT molecular complexity index is 466. The van der Waals surface area contributed by atoms with Crippen molar-refractivity contribution in [2.24, 2.45) is 0 Å². The number of nitro benzene ring substituents is 1. The first-order valence-corrected chi connectivity index (χ1v) is 9.75. The van der Waals surface area contributed by atoms with Crippen LogP contribution in [-0.2, 0) is 13.3 Å². The Kier molecular flexibility index (Phi) is 8.17. The summed E-state index contributed by atoms with van der Waals surface area (Å²) in [5, 5.41) is 14.1. The van der Waals surface area contributed by atoms with Crippen molar-refractivity contribution >= 4 is 20.2 Å². The summed E-state index contributed by atoms with van der Waals surface area (Å²) in [5.74, 6) is 0. The van der Waals surface area contributed by atoms with Gasteiger partial charge < -0.3 is 18.6 Å². The van der Waals surface area contributed by atoms with Crippen molar-refractivity contribution < 1.29 is 18.2 Å². The number of non-ortho nitro benzene ring substituents is 1. The van der Waals surface area contributed by atoms with Gasteiger partial charge >= 0.3 is 8.80 Å². The van der Waals surface area contributed by atoms with E-state index in [1.165, 1.54) is 12.1 Å². The monoisotopic (exact) mass is 342 g/mol. The molecule has 1 N–H and O–H groups in total. The molecule has 1 rings (SSSR count). The first-order valence-electron chi connectivity index (χ1n) is 7.95. The van der Waals surface area contributed by atoms with Gasteiger partial charge in [-0.25, -0.2) is 0 Å². The molecule has 1 unspecified atom stereocenters. The summed E-state index contributed by atoms with van der Waals surface area (Å²) in [6.07, 6.45) is 0.753. The average Bonchev–Trinajstić information content (AvgIpc) is 2.53. The van der Waals surface area contributed by atoms with E-state index >= 15 is 0 Å². The molecule has 0 bridgehead atoms. The van der Waals surface area contributed by atoms with Gasteiger partial charge in [0.1, 0.15) is 0 Å². The van der Waals surface area contributed by atoms with E-state index in [2.05, 4.69) is 5.32 Å². The Morgan fingerprint density at radius 3 is 1.87 bits per heavy atom. The van der Waals surface area contributed by atoms with Crippen LogP contribution >= 0.6 is 0 Å².